The molecule has 4 heteroatoms. The first-order valence-corrected chi connectivity index (χ1v) is 6.35. The molecule has 0 aliphatic rings. The Morgan fingerprint density at radius 2 is 2.06 bits per heavy atom. The van der Waals surface area contributed by atoms with Gasteiger partial charge in [0.05, 0.1) is 5.02 Å². The van der Waals surface area contributed by atoms with E-state index in [1.54, 1.807) is 0 Å². The minimum atomic E-state index is -0.599. The molecule has 0 radical (unpaired) electrons. The van der Waals surface area contributed by atoms with Gasteiger partial charge in [0.15, 0.2) is 0 Å². The number of rotatable bonds is 6. The van der Waals surface area contributed by atoms with Crippen LogP contribution in [0.15, 0.2) is 24.3 Å². The molecule has 18 heavy (non-hydrogen) atoms. The van der Waals surface area contributed by atoms with Crippen molar-refractivity contribution in [3.63, 3.8) is 0 Å². The van der Waals surface area contributed by atoms with Crippen LogP contribution in [-0.4, -0.2) is 6.54 Å². The van der Waals surface area contributed by atoms with Crippen LogP contribution in [0, 0.1) is 11.6 Å². The zero-order valence-corrected chi connectivity index (χ0v) is 11.5. The van der Waals surface area contributed by atoms with Gasteiger partial charge in [-0.15, -0.1) is 6.58 Å². The molecule has 0 aliphatic carbocycles. The maximum atomic E-state index is 13.8. The SMILES string of the molecule is C=C(C)CC(NCCC)c1cc(F)c(Cl)cc1F. The van der Waals surface area contributed by atoms with E-state index in [4.69, 9.17) is 11.6 Å². The molecule has 0 heterocycles. The molecule has 0 amide bonds. The summed E-state index contributed by atoms with van der Waals surface area (Å²) in [4.78, 5) is 0. The zero-order valence-electron chi connectivity index (χ0n) is 10.7. The van der Waals surface area contributed by atoms with Crippen LogP contribution in [-0.2, 0) is 0 Å². The first-order chi connectivity index (χ1) is 8.45. The van der Waals surface area contributed by atoms with Gasteiger partial charge in [-0.25, -0.2) is 8.78 Å². The molecule has 100 valence electrons. The molecule has 1 atom stereocenters. The van der Waals surface area contributed by atoms with Crippen molar-refractivity contribution in [3.05, 3.63) is 46.5 Å². The Balaban J connectivity index is 3.03. The second-order valence-electron chi connectivity index (χ2n) is 4.46. The largest absolute Gasteiger partial charge is 0.310 e. The second-order valence-corrected chi connectivity index (χ2v) is 4.86. The molecule has 1 aromatic rings. The quantitative estimate of drug-likeness (QED) is 0.589. The van der Waals surface area contributed by atoms with Crippen molar-refractivity contribution >= 4 is 11.6 Å². The van der Waals surface area contributed by atoms with Crippen molar-refractivity contribution in [2.24, 2.45) is 0 Å². The van der Waals surface area contributed by atoms with Crippen molar-refractivity contribution in [1.29, 1.82) is 0 Å². The van der Waals surface area contributed by atoms with Gasteiger partial charge in [-0.2, -0.15) is 0 Å². The Labute approximate surface area is 112 Å². The van der Waals surface area contributed by atoms with E-state index in [1.807, 2.05) is 13.8 Å². The number of benzene rings is 1. The highest BCUT2D eigenvalue weighted by Crippen LogP contribution is 2.27. The molecule has 1 aromatic carbocycles. The molecule has 0 spiro atoms. The summed E-state index contributed by atoms with van der Waals surface area (Å²) < 4.78 is 27.3. The fraction of sp³-hybridized carbons (Fsp3) is 0.429. The summed E-state index contributed by atoms with van der Waals surface area (Å²) in [6, 6.07) is 1.91. The molecule has 0 saturated carbocycles. The Kier molecular flexibility index (Phi) is 5.76. The number of nitrogens with one attached hydrogen (secondary N) is 1. The lowest BCUT2D eigenvalue weighted by Crippen LogP contribution is -2.23. The van der Waals surface area contributed by atoms with Gasteiger partial charge >= 0.3 is 0 Å². The fourth-order valence-electron chi connectivity index (χ4n) is 1.76. The lowest BCUT2D eigenvalue weighted by molar-refractivity contribution is 0.490. The van der Waals surface area contributed by atoms with Crippen LogP contribution in [0.25, 0.3) is 0 Å². The predicted octanol–water partition coefficient (Wildman–Crippen LogP) is 4.63. The number of hydrogen-bond acceptors (Lipinski definition) is 1. The third-order valence-electron chi connectivity index (χ3n) is 2.61. The van der Waals surface area contributed by atoms with Crippen LogP contribution in [0.2, 0.25) is 5.02 Å². The van der Waals surface area contributed by atoms with Crippen molar-refractivity contribution in [1.82, 2.24) is 5.32 Å². The van der Waals surface area contributed by atoms with Gasteiger partial charge in [0.25, 0.3) is 0 Å². The molecular weight excluding hydrogens is 256 g/mol. The summed E-state index contributed by atoms with van der Waals surface area (Å²) in [6.07, 6.45) is 1.49. The molecule has 0 aromatic heterocycles. The predicted molar refractivity (Wildman–Crippen MR) is 71.8 cm³/mol. The molecule has 1 rings (SSSR count). The molecule has 0 bridgehead atoms. The number of halogens is 3. The van der Waals surface area contributed by atoms with Crippen molar-refractivity contribution in [2.75, 3.05) is 6.54 Å². The van der Waals surface area contributed by atoms with E-state index in [2.05, 4.69) is 11.9 Å². The lowest BCUT2D eigenvalue weighted by Gasteiger charge is -2.20. The molecule has 1 unspecified atom stereocenters. The second kappa shape index (κ2) is 6.86. The topological polar surface area (TPSA) is 12.0 Å². The van der Waals surface area contributed by atoms with E-state index >= 15 is 0 Å². The van der Waals surface area contributed by atoms with Crippen LogP contribution < -0.4 is 5.32 Å². The van der Waals surface area contributed by atoms with Crippen LogP contribution in [0.4, 0.5) is 8.78 Å². The average molecular weight is 274 g/mol. The van der Waals surface area contributed by atoms with Crippen LogP contribution in [0.1, 0.15) is 38.3 Å². The maximum Gasteiger partial charge on any atom is 0.142 e. The van der Waals surface area contributed by atoms with E-state index in [1.165, 1.54) is 0 Å². The third-order valence-corrected chi connectivity index (χ3v) is 2.90. The first-order valence-electron chi connectivity index (χ1n) is 5.98. The Morgan fingerprint density at radius 3 is 2.61 bits per heavy atom. The van der Waals surface area contributed by atoms with E-state index in [9.17, 15) is 8.78 Å². The van der Waals surface area contributed by atoms with Crippen LogP contribution in [0.3, 0.4) is 0 Å². The van der Waals surface area contributed by atoms with Gasteiger partial charge < -0.3 is 5.32 Å². The van der Waals surface area contributed by atoms with E-state index in [-0.39, 0.29) is 11.1 Å². The third kappa shape index (κ3) is 4.07. The fourth-order valence-corrected chi connectivity index (χ4v) is 1.91. The maximum absolute atomic E-state index is 13.8. The zero-order chi connectivity index (χ0) is 13.7. The monoisotopic (exact) mass is 273 g/mol. The molecule has 1 nitrogen and oxygen atoms in total. The average Bonchev–Trinajstić information content (AvgIpc) is 2.29. The van der Waals surface area contributed by atoms with Crippen LogP contribution >= 0.6 is 11.6 Å². The normalized spacial score (nSPS) is 12.5. The molecule has 1 N–H and O–H groups in total. The summed E-state index contributed by atoms with van der Waals surface area (Å²) >= 11 is 5.55. The van der Waals surface area contributed by atoms with Crippen LogP contribution in [0.5, 0.6) is 0 Å². The smallest absolute Gasteiger partial charge is 0.142 e. The van der Waals surface area contributed by atoms with Crippen molar-refractivity contribution < 1.29 is 8.78 Å². The molecular formula is C14H18ClF2N. The summed E-state index contributed by atoms with van der Waals surface area (Å²) in [5.74, 6) is -1.09. The summed E-state index contributed by atoms with van der Waals surface area (Å²) in [5.41, 5.74) is 1.21. The van der Waals surface area contributed by atoms with Gasteiger partial charge in [0.1, 0.15) is 11.6 Å². The molecule has 0 saturated heterocycles. The Bertz CT molecular complexity index is 432. The van der Waals surface area contributed by atoms with Crippen molar-refractivity contribution in [2.45, 2.75) is 32.7 Å². The minimum Gasteiger partial charge on any atom is -0.310 e. The number of hydrogen-bond donors (Lipinski definition) is 1. The van der Waals surface area contributed by atoms with Crippen molar-refractivity contribution in [3.8, 4) is 0 Å². The van der Waals surface area contributed by atoms with Gasteiger partial charge in [-0.1, -0.05) is 24.1 Å². The lowest BCUT2D eigenvalue weighted by atomic mass is 9.99. The van der Waals surface area contributed by atoms with E-state index in [0.717, 1.165) is 30.7 Å². The van der Waals surface area contributed by atoms with Gasteiger partial charge in [-0.05, 0) is 38.4 Å². The summed E-state index contributed by atoms with van der Waals surface area (Å²) in [6.45, 7) is 8.44. The Morgan fingerprint density at radius 1 is 1.39 bits per heavy atom. The molecule has 0 aliphatic heterocycles. The van der Waals surface area contributed by atoms with E-state index < -0.39 is 11.6 Å². The first kappa shape index (κ1) is 15.1. The van der Waals surface area contributed by atoms with E-state index in [0.29, 0.717) is 12.0 Å². The van der Waals surface area contributed by atoms with Gasteiger partial charge in [-0.3, -0.25) is 0 Å². The highest BCUT2D eigenvalue weighted by Gasteiger charge is 2.17. The minimum absolute atomic E-state index is 0.194. The Hall–Kier alpha value is -0.930. The molecule has 0 fully saturated rings. The highest BCUT2D eigenvalue weighted by molar-refractivity contribution is 6.30. The van der Waals surface area contributed by atoms with Gasteiger partial charge in [0.2, 0.25) is 0 Å². The standard InChI is InChI=1S/C14H18ClF2N/c1-4-5-18-14(6-9(2)3)10-7-13(17)11(15)8-12(10)16/h7-8,14,18H,2,4-6H2,1,3H3. The van der Waals surface area contributed by atoms with Gasteiger partial charge in [0, 0.05) is 11.6 Å². The summed E-state index contributed by atoms with van der Waals surface area (Å²) in [7, 11) is 0. The highest BCUT2D eigenvalue weighted by atomic mass is 35.5. The summed E-state index contributed by atoms with van der Waals surface area (Å²) in [5, 5.41) is 3.00.